The highest BCUT2D eigenvalue weighted by atomic mass is 16.3. The Morgan fingerprint density at radius 2 is 2.20 bits per heavy atom. The fraction of sp³-hybridized carbons (Fsp3) is 0.750. The SMILES string of the molecule is CCC(O)C=CCCCO. The van der Waals surface area contributed by atoms with Crippen LogP contribution in [-0.2, 0) is 0 Å². The van der Waals surface area contributed by atoms with E-state index in [1.807, 2.05) is 13.0 Å². The van der Waals surface area contributed by atoms with Crippen molar-refractivity contribution in [2.45, 2.75) is 32.3 Å². The Morgan fingerprint density at radius 3 is 2.70 bits per heavy atom. The summed E-state index contributed by atoms with van der Waals surface area (Å²) in [7, 11) is 0. The largest absolute Gasteiger partial charge is 0.396 e. The van der Waals surface area contributed by atoms with Crippen molar-refractivity contribution in [3.05, 3.63) is 12.2 Å². The fourth-order valence-electron chi connectivity index (χ4n) is 0.599. The minimum absolute atomic E-state index is 0.229. The van der Waals surface area contributed by atoms with Gasteiger partial charge in [0.2, 0.25) is 0 Å². The Bertz CT molecular complexity index is 89.3. The Kier molecular flexibility index (Phi) is 6.55. The highest BCUT2D eigenvalue weighted by Crippen LogP contribution is 1.95. The third-order valence-corrected chi connectivity index (χ3v) is 1.31. The average molecular weight is 144 g/mol. The maximum absolute atomic E-state index is 9.01. The van der Waals surface area contributed by atoms with E-state index in [-0.39, 0.29) is 12.7 Å². The third kappa shape index (κ3) is 5.79. The van der Waals surface area contributed by atoms with Crippen LogP contribution in [0.5, 0.6) is 0 Å². The minimum Gasteiger partial charge on any atom is -0.396 e. The van der Waals surface area contributed by atoms with Crippen molar-refractivity contribution in [3.8, 4) is 0 Å². The van der Waals surface area contributed by atoms with Crippen LogP contribution in [0, 0.1) is 0 Å². The van der Waals surface area contributed by atoms with Crippen LogP contribution in [0.25, 0.3) is 0 Å². The molecule has 0 saturated carbocycles. The number of unbranched alkanes of at least 4 members (excludes halogenated alkanes) is 1. The normalized spacial score (nSPS) is 14.3. The lowest BCUT2D eigenvalue weighted by molar-refractivity contribution is 0.218. The summed E-state index contributed by atoms with van der Waals surface area (Å²) in [5.74, 6) is 0. The summed E-state index contributed by atoms with van der Waals surface area (Å²) >= 11 is 0. The molecule has 2 nitrogen and oxygen atoms in total. The van der Waals surface area contributed by atoms with Gasteiger partial charge in [-0.25, -0.2) is 0 Å². The zero-order valence-electron chi connectivity index (χ0n) is 6.45. The second-order valence-electron chi connectivity index (χ2n) is 2.27. The lowest BCUT2D eigenvalue weighted by atomic mass is 10.2. The molecule has 0 aromatic rings. The molecule has 2 heteroatoms. The number of aliphatic hydroxyl groups is 2. The van der Waals surface area contributed by atoms with Gasteiger partial charge < -0.3 is 10.2 Å². The summed E-state index contributed by atoms with van der Waals surface area (Å²) in [6.45, 7) is 2.16. The number of rotatable bonds is 5. The Morgan fingerprint density at radius 1 is 1.50 bits per heavy atom. The lowest BCUT2D eigenvalue weighted by Gasteiger charge is -1.97. The molecule has 1 unspecified atom stereocenters. The molecule has 0 aromatic heterocycles. The first kappa shape index (κ1) is 9.66. The Balaban J connectivity index is 3.18. The van der Waals surface area contributed by atoms with Gasteiger partial charge in [0.05, 0.1) is 6.10 Å². The Hall–Kier alpha value is -0.340. The second-order valence-corrected chi connectivity index (χ2v) is 2.27. The molecule has 0 aliphatic carbocycles. The van der Waals surface area contributed by atoms with Gasteiger partial charge in [-0.05, 0) is 19.3 Å². The molecule has 1 atom stereocenters. The molecule has 60 valence electrons. The molecule has 0 spiro atoms. The predicted octanol–water partition coefficient (Wildman–Crippen LogP) is 1.09. The van der Waals surface area contributed by atoms with Crippen molar-refractivity contribution in [2.24, 2.45) is 0 Å². The van der Waals surface area contributed by atoms with E-state index < -0.39 is 0 Å². The summed E-state index contributed by atoms with van der Waals surface area (Å²) in [6, 6.07) is 0. The highest BCUT2D eigenvalue weighted by Gasteiger charge is 1.90. The molecule has 0 bridgehead atoms. The van der Waals surface area contributed by atoms with Crippen LogP contribution in [0.15, 0.2) is 12.2 Å². The first-order valence-electron chi connectivity index (χ1n) is 3.76. The van der Waals surface area contributed by atoms with Crippen LogP contribution in [-0.4, -0.2) is 22.9 Å². The van der Waals surface area contributed by atoms with Gasteiger partial charge in [-0.2, -0.15) is 0 Å². The van der Waals surface area contributed by atoms with Crippen molar-refractivity contribution >= 4 is 0 Å². The van der Waals surface area contributed by atoms with E-state index in [2.05, 4.69) is 0 Å². The molecule has 0 aliphatic heterocycles. The molecule has 0 heterocycles. The predicted molar refractivity (Wildman–Crippen MR) is 41.8 cm³/mol. The van der Waals surface area contributed by atoms with E-state index in [9.17, 15) is 0 Å². The summed E-state index contributed by atoms with van der Waals surface area (Å²) in [6.07, 6.45) is 5.77. The maximum Gasteiger partial charge on any atom is 0.0718 e. The number of allylic oxidation sites excluding steroid dienone is 1. The summed E-state index contributed by atoms with van der Waals surface area (Å²) in [4.78, 5) is 0. The molecule has 0 aliphatic rings. The first-order chi connectivity index (χ1) is 4.81. The van der Waals surface area contributed by atoms with E-state index in [0.717, 1.165) is 19.3 Å². The van der Waals surface area contributed by atoms with Crippen LogP contribution in [0.1, 0.15) is 26.2 Å². The smallest absolute Gasteiger partial charge is 0.0718 e. The van der Waals surface area contributed by atoms with Crippen molar-refractivity contribution in [1.29, 1.82) is 0 Å². The van der Waals surface area contributed by atoms with Gasteiger partial charge in [-0.3, -0.25) is 0 Å². The van der Waals surface area contributed by atoms with Crippen molar-refractivity contribution in [2.75, 3.05) is 6.61 Å². The maximum atomic E-state index is 9.01. The zero-order valence-corrected chi connectivity index (χ0v) is 6.45. The fourth-order valence-corrected chi connectivity index (χ4v) is 0.599. The molecule has 0 aromatic carbocycles. The molecule has 2 N–H and O–H groups in total. The minimum atomic E-state index is -0.307. The van der Waals surface area contributed by atoms with Gasteiger partial charge in [0.1, 0.15) is 0 Å². The van der Waals surface area contributed by atoms with Gasteiger partial charge in [-0.1, -0.05) is 19.1 Å². The molecular weight excluding hydrogens is 128 g/mol. The van der Waals surface area contributed by atoms with Gasteiger partial charge in [0.15, 0.2) is 0 Å². The second kappa shape index (κ2) is 6.78. The number of hydrogen-bond acceptors (Lipinski definition) is 2. The molecule has 10 heavy (non-hydrogen) atoms. The van der Waals surface area contributed by atoms with Crippen molar-refractivity contribution in [1.82, 2.24) is 0 Å². The molecular formula is C8H16O2. The standard InChI is InChI=1S/C8H16O2/c1-2-8(10)6-4-3-5-7-9/h4,6,8-10H,2-3,5,7H2,1H3. The summed E-state index contributed by atoms with van der Waals surface area (Å²) in [5, 5.41) is 17.4. The lowest BCUT2D eigenvalue weighted by Crippen LogP contribution is -1.97. The van der Waals surface area contributed by atoms with Crippen LogP contribution >= 0.6 is 0 Å². The average Bonchev–Trinajstić information content (AvgIpc) is 1.98. The number of aliphatic hydroxyl groups excluding tert-OH is 2. The van der Waals surface area contributed by atoms with E-state index in [4.69, 9.17) is 10.2 Å². The van der Waals surface area contributed by atoms with Crippen LogP contribution < -0.4 is 0 Å². The van der Waals surface area contributed by atoms with Gasteiger partial charge in [-0.15, -0.1) is 0 Å². The van der Waals surface area contributed by atoms with E-state index in [0.29, 0.717) is 0 Å². The van der Waals surface area contributed by atoms with Gasteiger partial charge >= 0.3 is 0 Å². The number of hydrogen-bond donors (Lipinski definition) is 2. The molecule has 0 fully saturated rings. The first-order valence-corrected chi connectivity index (χ1v) is 3.76. The summed E-state index contributed by atoms with van der Waals surface area (Å²) in [5.41, 5.74) is 0. The topological polar surface area (TPSA) is 40.5 Å². The molecule has 0 radical (unpaired) electrons. The van der Waals surface area contributed by atoms with Crippen LogP contribution in [0.3, 0.4) is 0 Å². The van der Waals surface area contributed by atoms with Crippen LogP contribution in [0.2, 0.25) is 0 Å². The van der Waals surface area contributed by atoms with Crippen LogP contribution in [0.4, 0.5) is 0 Å². The van der Waals surface area contributed by atoms with E-state index in [1.165, 1.54) is 0 Å². The quantitative estimate of drug-likeness (QED) is 0.448. The molecule has 0 amide bonds. The third-order valence-electron chi connectivity index (χ3n) is 1.31. The Labute approximate surface area is 62.2 Å². The highest BCUT2D eigenvalue weighted by molar-refractivity contribution is 4.87. The zero-order chi connectivity index (χ0) is 7.82. The van der Waals surface area contributed by atoms with Crippen molar-refractivity contribution < 1.29 is 10.2 Å². The van der Waals surface area contributed by atoms with Gasteiger partial charge in [0.25, 0.3) is 0 Å². The van der Waals surface area contributed by atoms with Crippen molar-refractivity contribution in [3.63, 3.8) is 0 Å². The molecule has 0 saturated heterocycles. The molecule has 0 rings (SSSR count). The van der Waals surface area contributed by atoms with E-state index in [1.54, 1.807) is 6.08 Å². The van der Waals surface area contributed by atoms with E-state index >= 15 is 0 Å². The monoisotopic (exact) mass is 144 g/mol. The summed E-state index contributed by atoms with van der Waals surface area (Å²) < 4.78 is 0. The van der Waals surface area contributed by atoms with Gasteiger partial charge in [0, 0.05) is 6.61 Å².